The summed E-state index contributed by atoms with van der Waals surface area (Å²) in [6.07, 6.45) is -1.60. The molecule has 15 heavy (non-hydrogen) atoms. The number of hydrogen-bond acceptors (Lipinski definition) is 6. The average molecular weight is 224 g/mol. The monoisotopic (exact) mass is 224 g/mol. The topological polar surface area (TPSA) is 99.4 Å². The summed E-state index contributed by atoms with van der Waals surface area (Å²) in [4.78, 5) is 0. The zero-order valence-corrected chi connectivity index (χ0v) is 8.71. The Kier molecular flexibility index (Phi) is 10.1. The second-order valence-electron chi connectivity index (χ2n) is 3.14. The summed E-state index contributed by atoms with van der Waals surface area (Å²) >= 11 is 0. The van der Waals surface area contributed by atoms with Crippen LogP contribution in [0, 0.1) is 0 Å². The van der Waals surface area contributed by atoms with E-state index >= 15 is 0 Å². The third-order valence-electron chi connectivity index (χ3n) is 1.67. The summed E-state index contributed by atoms with van der Waals surface area (Å²) in [5.74, 6) is 0. The first-order valence-corrected chi connectivity index (χ1v) is 4.94. The van der Waals surface area contributed by atoms with Gasteiger partial charge in [0.1, 0.15) is 0 Å². The van der Waals surface area contributed by atoms with Gasteiger partial charge in [-0.05, 0) is 0 Å². The second kappa shape index (κ2) is 10.3. The molecule has 0 radical (unpaired) electrons. The van der Waals surface area contributed by atoms with Crippen LogP contribution in [0.5, 0.6) is 0 Å². The van der Waals surface area contributed by atoms with Crippen molar-refractivity contribution in [1.29, 1.82) is 0 Å². The number of aliphatic hydroxyl groups is 4. The molecule has 0 saturated carbocycles. The number of hydrogen-bond donors (Lipinski definition) is 4. The quantitative estimate of drug-likeness (QED) is 0.324. The van der Waals surface area contributed by atoms with Crippen molar-refractivity contribution in [3.05, 3.63) is 0 Å². The Bertz CT molecular complexity index is 132. The third-order valence-corrected chi connectivity index (χ3v) is 1.67. The van der Waals surface area contributed by atoms with E-state index in [2.05, 4.69) is 0 Å². The van der Waals surface area contributed by atoms with Crippen molar-refractivity contribution in [1.82, 2.24) is 0 Å². The Morgan fingerprint density at radius 2 is 1.53 bits per heavy atom. The van der Waals surface area contributed by atoms with Crippen LogP contribution < -0.4 is 0 Å². The molecule has 0 aliphatic heterocycles. The highest BCUT2D eigenvalue weighted by molar-refractivity contribution is 4.61. The fourth-order valence-corrected chi connectivity index (χ4v) is 0.960. The van der Waals surface area contributed by atoms with Crippen molar-refractivity contribution in [3.63, 3.8) is 0 Å². The van der Waals surface area contributed by atoms with Crippen LogP contribution in [0.4, 0.5) is 0 Å². The van der Waals surface area contributed by atoms with E-state index in [9.17, 15) is 5.11 Å². The molecule has 0 rings (SSSR count). The van der Waals surface area contributed by atoms with E-state index in [4.69, 9.17) is 24.8 Å². The lowest BCUT2D eigenvalue weighted by Crippen LogP contribution is -2.25. The molecular weight excluding hydrogens is 204 g/mol. The lowest BCUT2D eigenvalue weighted by molar-refractivity contribution is -0.0238. The van der Waals surface area contributed by atoms with Gasteiger partial charge in [0.15, 0.2) is 0 Å². The zero-order valence-electron chi connectivity index (χ0n) is 8.71. The summed E-state index contributed by atoms with van der Waals surface area (Å²) in [6.45, 7) is 0.665. The fourth-order valence-electron chi connectivity index (χ4n) is 0.960. The predicted octanol–water partition coefficient (Wildman–Crippen LogP) is -1.88. The van der Waals surface area contributed by atoms with Crippen molar-refractivity contribution in [2.45, 2.75) is 18.6 Å². The van der Waals surface area contributed by atoms with Gasteiger partial charge in [-0.2, -0.15) is 0 Å². The summed E-state index contributed by atoms with van der Waals surface area (Å²) in [7, 11) is 0. The van der Waals surface area contributed by atoms with Gasteiger partial charge in [-0.1, -0.05) is 0 Å². The van der Waals surface area contributed by atoms with Gasteiger partial charge in [0.25, 0.3) is 0 Å². The molecule has 0 heterocycles. The minimum Gasteiger partial charge on any atom is -0.394 e. The lowest BCUT2D eigenvalue weighted by Gasteiger charge is -2.13. The van der Waals surface area contributed by atoms with E-state index < -0.39 is 12.2 Å². The van der Waals surface area contributed by atoms with Gasteiger partial charge < -0.3 is 29.9 Å². The smallest absolute Gasteiger partial charge is 0.0799 e. The Balaban J connectivity index is 3.20. The Morgan fingerprint density at radius 1 is 0.867 bits per heavy atom. The van der Waals surface area contributed by atoms with E-state index in [0.717, 1.165) is 0 Å². The Hall–Kier alpha value is -0.240. The van der Waals surface area contributed by atoms with Gasteiger partial charge >= 0.3 is 0 Å². The molecule has 6 nitrogen and oxygen atoms in total. The first-order chi connectivity index (χ1) is 7.20. The van der Waals surface area contributed by atoms with Crippen LogP contribution >= 0.6 is 0 Å². The van der Waals surface area contributed by atoms with Crippen LogP contribution in [0.25, 0.3) is 0 Å². The number of ether oxygens (including phenoxy) is 2. The molecule has 2 unspecified atom stereocenters. The van der Waals surface area contributed by atoms with Crippen molar-refractivity contribution in [2.24, 2.45) is 0 Å². The standard InChI is InChI=1S/C9H20O6/c10-1-2-14-3-4-15-7-9(13)5-8(12)6-11/h8-13H,1-7H2. The minimum absolute atomic E-state index is 0.0225. The molecule has 0 saturated heterocycles. The van der Waals surface area contributed by atoms with E-state index in [1.54, 1.807) is 0 Å². The molecule has 0 spiro atoms. The average Bonchev–Trinajstić information content (AvgIpc) is 2.23. The van der Waals surface area contributed by atoms with Crippen molar-refractivity contribution >= 4 is 0 Å². The maximum absolute atomic E-state index is 9.28. The van der Waals surface area contributed by atoms with Gasteiger partial charge in [0.2, 0.25) is 0 Å². The predicted molar refractivity (Wildman–Crippen MR) is 52.4 cm³/mol. The molecule has 0 aromatic heterocycles. The van der Waals surface area contributed by atoms with Crippen LogP contribution in [0.2, 0.25) is 0 Å². The zero-order chi connectivity index (χ0) is 11.5. The van der Waals surface area contributed by atoms with Crippen molar-refractivity contribution in [3.8, 4) is 0 Å². The van der Waals surface area contributed by atoms with Crippen molar-refractivity contribution in [2.75, 3.05) is 39.6 Å². The summed E-state index contributed by atoms with van der Waals surface area (Å²) in [5.41, 5.74) is 0. The van der Waals surface area contributed by atoms with Crippen molar-refractivity contribution < 1.29 is 29.9 Å². The summed E-state index contributed by atoms with van der Waals surface area (Å²) in [6, 6.07) is 0. The third kappa shape index (κ3) is 10.1. The minimum atomic E-state index is -0.908. The molecule has 0 fully saturated rings. The molecule has 0 amide bonds. The SMILES string of the molecule is OCCOCCOCC(O)CC(O)CO. The van der Waals surface area contributed by atoms with E-state index in [0.29, 0.717) is 13.2 Å². The highest BCUT2D eigenvalue weighted by atomic mass is 16.5. The molecule has 0 bridgehead atoms. The van der Waals surface area contributed by atoms with Gasteiger partial charge in [-0.15, -0.1) is 0 Å². The maximum Gasteiger partial charge on any atom is 0.0799 e. The highest BCUT2D eigenvalue weighted by Gasteiger charge is 2.10. The molecule has 6 heteroatoms. The Labute approximate surface area is 89.1 Å². The number of rotatable bonds is 10. The normalized spacial score (nSPS) is 15.2. The van der Waals surface area contributed by atoms with Crippen LogP contribution in [0.15, 0.2) is 0 Å². The second-order valence-corrected chi connectivity index (χ2v) is 3.14. The molecule has 4 N–H and O–H groups in total. The van der Waals surface area contributed by atoms with Gasteiger partial charge in [0, 0.05) is 6.42 Å². The summed E-state index contributed by atoms with van der Waals surface area (Å²) in [5, 5.41) is 35.1. The summed E-state index contributed by atoms with van der Waals surface area (Å²) < 4.78 is 9.96. The molecule has 0 aliphatic carbocycles. The number of aliphatic hydroxyl groups excluding tert-OH is 4. The van der Waals surface area contributed by atoms with Crippen LogP contribution in [-0.4, -0.2) is 72.3 Å². The molecule has 2 atom stereocenters. The maximum atomic E-state index is 9.28. The van der Waals surface area contributed by atoms with Gasteiger partial charge in [-0.25, -0.2) is 0 Å². The van der Waals surface area contributed by atoms with E-state index in [1.165, 1.54) is 0 Å². The Morgan fingerprint density at radius 3 is 2.13 bits per heavy atom. The van der Waals surface area contributed by atoms with E-state index in [-0.39, 0.29) is 32.8 Å². The van der Waals surface area contributed by atoms with E-state index in [1.807, 2.05) is 0 Å². The van der Waals surface area contributed by atoms with Gasteiger partial charge in [0.05, 0.1) is 51.8 Å². The molecule has 0 aliphatic rings. The largest absolute Gasteiger partial charge is 0.394 e. The lowest BCUT2D eigenvalue weighted by atomic mass is 10.2. The molecule has 92 valence electrons. The molecular formula is C9H20O6. The van der Waals surface area contributed by atoms with Crippen LogP contribution in [0.1, 0.15) is 6.42 Å². The highest BCUT2D eigenvalue weighted by Crippen LogP contribution is 1.98. The molecule has 0 aromatic carbocycles. The van der Waals surface area contributed by atoms with Crippen LogP contribution in [0.3, 0.4) is 0 Å². The van der Waals surface area contributed by atoms with Gasteiger partial charge in [-0.3, -0.25) is 0 Å². The van der Waals surface area contributed by atoms with Crippen LogP contribution in [-0.2, 0) is 9.47 Å². The first kappa shape index (κ1) is 14.8. The first-order valence-electron chi connectivity index (χ1n) is 4.94. The molecule has 0 aromatic rings. The fraction of sp³-hybridized carbons (Fsp3) is 1.00.